The molecule has 0 atom stereocenters. The van der Waals surface area contributed by atoms with Crippen LogP contribution in [0.3, 0.4) is 0 Å². The van der Waals surface area contributed by atoms with Crippen molar-refractivity contribution in [2.45, 2.75) is 27.7 Å². The minimum absolute atomic E-state index is 0.121. The number of rotatable bonds is 5. The van der Waals surface area contributed by atoms with Crippen molar-refractivity contribution in [3.05, 3.63) is 88.7 Å². The third kappa shape index (κ3) is 4.61. The van der Waals surface area contributed by atoms with Gasteiger partial charge in [0.2, 0.25) is 0 Å². The smallest absolute Gasteiger partial charge is 0.255 e. The van der Waals surface area contributed by atoms with Crippen molar-refractivity contribution in [2.24, 2.45) is 0 Å². The predicted octanol–water partition coefficient (Wildman–Crippen LogP) is 4.89. The molecular weight excluding hydrogens is 388 g/mol. The lowest BCUT2D eigenvalue weighted by Gasteiger charge is -2.10. The molecular formula is C24H24N6O. The Morgan fingerprint density at radius 3 is 2.19 bits per heavy atom. The zero-order chi connectivity index (χ0) is 22.0. The molecule has 7 heteroatoms. The number of hydrogen-bond donors (Lipinski definition) is 2. The monoisotopic (exact) mass is 412 g/mol. The highest BCUT2D eigenvalue weighted by Gasteiger charge is 2.10. The average Bonchev–Trinajstić information content (AvgIpc) is 3.08. The molecule has 0 saturated carbocycles. The number of nitrogens with zero attached hydrogens (tertiary/aromatic N) is 4. The molecule has 31 heavy (non-hydrogen) atoms. The van der Waals surface area contributed by atoms with Gasteiger partial charge in [0.25, 0.3) is 5.91 Å². The van der Waals surface area contributed by atoms with E-state index in [2.05, 4.69) is 25.9 Å². The van der Waals surface area contributed by atoms with Crippen LogP contribution in [0.25, 0.3) is 5.82 Å². The quantitative estimate of drug-likeness (QED) is 0.487. The number of hydrogen-bond acceptors (Lipinski definition) is 5. The van der Waals surface area contributed by atoms with Crippen molar-refractivity contribution in [2.75, 3.05) is 10.6 Å². The van der Waals surface area contributed by atoms with Crippen molar-refractivity contribution < 1.29 is 4.79 Å². The Balaban J connectivity index is 1.41. The lowest BCUT2D eigenvalue weighted by Crippen LogP contribution is -2.13. The van der Waals surface area contributed by atoms with Gasteiger partial charge >= 0.3 is 0 Å². The van der Waals surface area contributed by atoms with E-state index in [4.69, 9.17) is 0 Å². The van der Waals surface area contributed by atoms with Gasteiger partial charge in [-0.25, -0.2) is 4.68 Å². The molecule has 0 bridgehead atoms. The Morgan fingerprint density at radius 1 is 0.839 bits per heavy atom. The lowest BCUT2D eigenvalue weighted by atomic mass is 10.1. The van der Waals surface area contributed by atoms with Gasteiger partial charge < -0.3 is 10.6 Å². The van der Waals surface area contributed by atoms with Gasteiger partial charge in [0.1, 0.15) is 0 Å². The standard InChI is InChI=1S/C24H24N6O/c1-15-5-10-21(16(2)13-15)24(31)26-20-8-6-19(7-9-20)25-22-11-12-23(28-27-22)30-18(4)14-17(3)29-30/h5-14H,1-4H3,(H,25,27)(H,26,31). The van der Waals surface area contributed by atoms with Gasteiger partial charge in [0.15, 0.2) is 11.6 Å². The summed E-state index contributed by atoms with van der Waals surface area (Å²) in [6, 6.07) is 19.0. The van der Waals surface area contributed by atoms with E-state index >= 15 is 0 Å². The second-order valence-corrected chi connectivity index (χ2v) is 7.59. The van der Waals surface area contributed by atoms with Gasteiger partial charge in [-0.15, -0.1) is 10.2 Å². The van der Waals surface area contributed by atoms with Gasteiger partial charge in [-0.05, 0) is 81.8 Å². The summed E-state index contributed by atoms with van der Waals surface area (Å²) in [6.45, 7) is 7.88. The molecule has 2 aromatic heterocycles. The molecule has 4 rings (SSSR count). The van der Waals surface area contributed by atoms with Crippen LogP contribution in [0, 0.1) is 27.7 Å². The average molecular weight is 412 g/mol. The molecule has 7 nitrogen and oxygen atoms in total. The van der Waals surface area contributed by atoms with E-state index in [0.29, 0.717) is 17.2 Å². The first-order valence-electron chi connectivity index (χ1n) is 10.0. The highest BCUT2D eigenvalue weighted by Crippen LogP contribution is 2.19. The Labute approximate surface area is 181 Å². The Bertz CT molecular complexity index is 1230. The molecule has 0 radical (unpaired) electrons. The van der Waals surface area contributed by atoms with Crippen LogP contribution in [0.1, 0.15) is 32.9 Å². The van der Waals surface area contributed by atoms with Crippen molar-refractivity contribution in [1.82, 2.24) is 20.0 Å². The number of aryl methyl sites for hydroxylation is 4. The number of carbonyl (C=O) groups excluding carboxylic acids is 1. The Morgan fingerprint density at radius 2 is 1.58 bits per heavy atom. The molecule has 0 saturated heterocycles. The van der Waals surface area contributed by atoms with Gasteiger partial charge in [-0.3, -0.25) is 4.79 Å². The van der Waals surface area contributed by atoms with Gasteiger partial charge in [0, 0.05) is 22.6 Å². The molecule has 156 valence electrons. The third-order valence-electron chi connectivity index (χ3n) is 4.92. The van der Waals surface area contributed by atoms with E-state index in [-0.39, 0.29) is 5.91 Å². The highest BCUT2D eigenvalue weighted by molar-refractivity contribution is 6.05. The first kappa shape index (κ1) is 20.3. The molecule has 2 aromatic carbocycles. The number of carbonyl (C=O) groups is 1. The first-order valence-corrected chi connectivity index (χ1v) is 10.0. The van der Waals surface area contributed by atoms with Crippen molar-refractivity contribution in [1.29, 1.82) is 0 Å². The van der Waals surface area contributed by atoms with Crippen molar-refractivity contribution in [3.8, 4) is 5.82 Å². The van der Waals surface area contributed by atoms with E-state index in [0.717, 1.165) is 33.9 Å². The summed E-state index contributed by atoms with van der Waals surface area (Å²) < 4.78 is 1.76. The maximum atomic E-state index is 12.5. The Kier molecular flexibility index (Phi) is 5.49. The zero-order valence-electron chi connectivity index (χ0n) is 18.0. The number of amides is 1. The van der Waals surface area contributed by atoms with Crippen LogP contribution in [0.5, 0.6) is 0 Å². The summed E-state index contributed by atoms with van der Waals surface area (Å²) in [7, 11) is 0. The minimum Gasteiger partial charge on any atom is -0.339 e. The lowest BCUT2D eigenvalue weighted by molar-refractivity contribution is 0.102. The van der Waals surface area contributed by atoms with E-state index < -0.39 is 0 Å². The van der Waals surface area contributed by atoms with E-state index in [1.807, 2.05) is 88.4 Å². The number of aromatic nitrogens is 4. The van der Waals surface area contributed by atoms with Crippen LogP contribution in [0.2, 0.25) is 0 Å². The van der Waals surface area contributed by atoms with Crippen LogP contribution < -0.4 is 10.6 Å². The molecule has 2 N–H and O–H groups in total. The molecule has 0 aliphatic heterocycles. The SMILES string of the molecule is Cc1ccc(C(=O)Nc2ccc(Nc3ccc(-n4nc(C)cc4C)nn3)cc2)c(C)c1. The molecule has 0 spiro atoms. The predicted molar refractivity (Wildman–Crippen MR) is 122 cm³/mol. The van der Waals surface area contributed by atoms with Crippen LogP contribution >= 0.6 is 0 Å². The van der Waals surface area contributed by atoms with Crippen LogP contribution in [-0.4, -0.2) is 25.9 Å². The summed E-state index contributed by atoms with van der Waals surface area (Å²) >= 11 is 0. The van der Waals surface area contributed by atoms with Gasteiger partial charge in [0.05, 0.1) is 5.69 Å². The third-order valence-corrected chi connectivity index (χ3v) is 4.92. The zero-order valence-corrected chi connectivity index (χ0v) is 18.0. The number of benzene rings is 2. The molecule has 0 aliphatic carbocycles. The van der Waals surface area contributed by atoms with Crippen molar-refractivity contribution in [3.63, 3.8) is 0 Å². The van der Waals surface area contributed by atoms with Crippen LogP contribution in [-0.2, 0) is 0 Å². The fraction of sp³-hybridized carbons (Fsp3) is 0.167. The summed E-state index contributed by atoms with van der Waals surface area (Å²) in [4.78, 5) is 12.5. The summed E-state index contributed by atoms with van der Waals surface area (Å²) in [5, 5.41) is 19.1. The second-order valence-electron chi connectivity index (χ2n) is 7.59. The molecule has 1 amide bonds. The fourth-order valence-corrected chi connectivity index (χ4v) is 3.42. The van der Waals surface area contributed by atoms with Crippen LogP contribution in [0.15, 0.2) is 60.7 Å². The number of nitrogens with one attached hydrogen (secondary N) is 2. The summed E-state index contributed by atoms with van der Waals surface area (Å²) in [6.07, 6.45) is 0. The molecule has 2 heterocycles. The fourth-order valence-electron chi connectivity index (χ4n) is 3.42. The topological polar surface area (TPSA) is 84.7 Å². The van der Waals surface area contributed by atoms with Gasteiger partial charge in [-0.2, -0.15) is 5.10 Å². The minimum atomic E-state index is -0.121. The molecule has 4 aromatic rings. The molecule has 0 aliphatic rings. The molecule has 0 unspecified atom stereocenters. The van der Waals surface area contributed by atoms with E-state index in [9.17, 15) is 4.79 Å². The maximum absolute atomic E-state index is 12.5. The molecule has 0 fully saturated rings. The van der Waals surface area contributed by atoms with Gasteiger partial charge in [-0.1, -0.05) is 17.7 Å². The van der Waals surface area contributed by atoms with Crippen molar-refractivity contribution >= 4 is 23.1 Å². The van der Waals surface area contributed by atoms with E-state index in [1.165, 1.54) is 0 Å². The highest BCUT2D eigenvalue weighted by atomic mass is 16.1. The normalized spacial score (nSPS) is 10.7. The summed E-state index contributed by atoms with van der Waals surface area (Å²) in [5.41, 5.74) is 6.27. The first-order chi connectivity index (χ1) is 14.9. The summed E-state index contributed by atoms with van der Waals surface area (Å²) in [5.74, 6) is 1.17. The number of anilines is 3. The van der Waals surface area contributed by atoms with E-state index in [1.54, 1.807) is 4.68 Å². The van der Waals surface area contributed by atoms with Crippen LogP contribution in [0.4, 0.5) is 17.2 Å². The Hall–Kier alpha value is -4.00. The largest absolute Gasteiger partial charge is 0.339 e. The maximum Gasteiger partial charge on any atom is 0.255 e. The second kappa shape index (κ2) is 8.39.